The van der Waals surface area contributed by atoms with Crippen molar-refractivity contribution in [3.63, 3.8) is 0 Å². The number of nitrogens with zero attached hydrogens (tertiary/aromatic N) is 1. The van der Waals surface area contributed by atoms with Crippen molar-refractivity contribution >= 4 is 38.4 Å². The van der Waals surface area contributed by atoms with Gasteiger partial charge in [-0.25, -0.2) is 8.42 Å². The third kappa shape index (κ3) is 3.97. The number of carbonyl (C=O) groups is 1. The van der Waals surface area contributed by atoms with E-state index in [4.69, 9.17) is 9.47 Å². The predicted molar refractivity (Wildman–Crippen MR) is 115 cm³/mol. The summed E-state index contributed by atoms with van der Waals surface area (Å²) >= 11 is 1.45. The minimum Gasteiger partial charge on any atom is -0.454 e. The molecule has 2 unspecified atom stereocenters. The monoisotopic (exact) mass is 445 g/mol. The van der Waals surface area contributed by atoms with Crippen LogP contribution in [0.25, 0.3) is 0 Å². The number of rotatable bonds is 4. The van der Waals surface area contributed by atoms with E-state index in [1.165, 1.54) is 11.8 Å². The van der Waals surface area contributed by atoms with E-state index in [9.17, 15) is 13.2 Å². The summed E-state index contributed by atoms with van der Waals surface area (Å²) in [5, 5.41) is 6.78. The minimum absolute atomic E-state index is 0.0225. The zero-order chi connectivity index (χ0) is 20.7. The maximum Gasteiger partial charge on any atom is 0.251 e. The number of amidine groups is 1. The molecule has 0 spiro atoms. The van der Waals surface area contributed by atoms with Gasteiger partial charge in [-0.15, -0.1) is 0 Å². The normalized spacial score (nSPS) is 23.0. The molecule has 8 nitrogen and oxygen atoms in total. The van der Waals surface area contributed by atoms with Gasteiger partial charge in [-0.05, 0) is 35.9 Å². The van der Waals surface area contributed by atoms with Gasteiger partial charge >= 0.3 is 0 Å². The molecule has 0 aromatic heterocycles. The first-order chi connectivity index (χ1) is 14.4. The number of carbonyl (C=O) groups excluding carboxylic acids is 1. The molecule has 2 aromatic rings. The highest BCUT2D eigenvalue weighted by atomic mass is 32.2. The molecule has 1 amide bonds. The second-order valence-corrected chi connectivity index (χ2v) is 10.7. The van der Waals surface area contributed by atoms with Crippen LogP contribution in [0.1, 0.15) is 15.9 Å². The molecule has 0 saturated carbocycles. The number of fused-ring (bicyclic) bond motifs is 2. The Morgan fingerprint density at radius 3 is 2.87 bits per heavy atom. The molecule has 3 heterocycles. The molecule has 10 heteroatoms. The van der Waals surface area contributed by atoms with Gasteiger partial charge < -0.3 is 20.1 Å². The van der Waals surface area contributed by atoms with E-state index < -0.39 is 9.84 Å². The van der Waals surface area contributed by atoms with E-state index in [-0.39, 0.29) is 35.5 Å². The van der Waals surface area contributed by atoms with Gasteiger partial charge in [0.2, 0.25) is 6.79 Å². The summed E-state index contributed by atoms with van der Waals surface area (Å²) in [4.78, 5) is 17.1. The Bertz CT molecular complexity index is 1150. The number of aliphatic imine (C=N–C) groups is 1. The zero-order valence-electron chi connectivity index (χ0n) is 15.8. The van der Waals surface area contributed by atoms with Crippen LogP contribution in [0.2, 0.25) is 0 Å². The van der Waals surface area contributed by atoms with E-state index in [1.807, 2.05) is 24.3 Å². The number of hydrogen-bond donors (Lipinski definition) is 2. The maximum absolute atomic E-state index is 12.6. The Hall–Kier alpha value is -2.72. The van der Waals surface area contributed by atoms with Gasteiger partial charge in [-0.1, -0.05) is 23.9 Å². The molecule has 0 aliphatic carbocycles. The third-order valence-corrected chi connectivity index (χ3v) is 8.23. The van der Waals surface area contributed by atoms with Crippen molar-refractivity contribution in [1.82, 2.24) is 5.32 Å². The van der Waals surface area contributed by atoms with Crippen LogP contribution in [0.5, 0.6) is 11.5 Å². The summed E-state index contributed by atoms with van der Waals surface area (Å²) in [5.74, 6) is 1.47. The molecule has 5 rings (SSSR count). The van der Waals surface area contributed by atoms with Crippen LogP contribution in [-0.4, -0.2) is 49.1 Å². The first kappa shape index (κ1) is 19.3. The smallest absolute Gasteiger partial charge is 0.251 e. The minimum atomic E-state index is -2.98. The Balaban J connectivity index is 1.21. The Kier molecular flexibility index (Phi) is 4.82. The number of benzene rings is 2. The summed E-state index contributed by atoms with van der Waals surface area (Å²) in [7, 11) is -2.98. The predicted octanol–water partition coefficient (Wildman–Crippen LogP) is 2.03. The average Bonchev–Trinajstić information content (AvgIpc) is 3.38. The van der Waals surface area contributed by atoms with Crippen molar-refractivity contribution < 1.29 is 22.7 Å². The van der Waals surface area contributed by atoms with Crippen molar-refractivity contribution in [1.29, 1.82) is 0 Å². The van der Waals surface area contributed by atoms with Crippen LogP contribution >= 0.6 is 11.8 Å². The second-order valence-electron chi connectivity index (χ2n) is 7.31. The van der Waals surface area contributed by atoms with Crippen molar-refractivity contribution in [2.45, 2.75) is 17.8 Å². The third-order valence-electron chi connectivity index (χ3n) is 5.08. The van der Waals surface area contributed by atoms with Gasteiger partial charge in [0.05, 0.1) is 17.5 Å². The van der Waals surface area contributed by atoms with Crippen LogP contribution in [0, 0.1) is 0 Å². The number of anilines is 1. The van der Waals surface area contributed by atoms with Gasteiger partial charge in [0, 0.05) is 23.0 Å². The van der Waals surface area contributed by atoms with Crippen molar-refractivity contribution in [3.05, 3.63) is 53.6 Å². The van der Waals surface area contributed by atoms with Crippen LogP contribution < -0.4 is 20.1 Å². The molecule has 3 aliphatic heterocycles. The number of ether oxygens (including phenoxy) is 2. The van der Waals surface area contributed by atoms with Gasteiger partial charge in [-0.2, -0.15) is 0 Å². The van der Waals surface area contributed by atoms with Crippen molar-refractivity contribution in [3.8, 4) is 11.5 Å². The molecule has 156 valence electrons. The van der Waals surface area contributed by atoms with E-state index in [1.54, 1.807) is 18.2 Å². The fourth-order valence-corrected chi connectivity index (χ4v) is 7.29. The van der Waals surface area contributed by atoms with Gasteiger partial charge in [0.15, 0.2) is 26.5 Å². The average molecular weight is 446 g/mol. The largest absolute Gasteiger partial charge is 0.454 e. The van der Waals surface area contributed by atoms with Crippen LogP contribution in [-0.2, 0) is 16.4 Å². The second kappa shape index (κ2) is 7.51. The number of thioether (sulfide) groups is 1. The summed E-state index contributed by atoms with van der Waals surface area (Å²) in [6, 6.07) is 12.5. The molecule has 2 N–H and O–H groups in total. The van der Waals surface area contributed by atoms with Crippen LogP contribution in [0.3, 0.4) is 0 Å². The highest BCUT2D eigenvalue weighted by Gasteiger charge is 2.42. The van der Waals surface area contributed by atoms with Crippen LogP contribution in [0.4, 0.5) is 5.69 Å². The summed E-state index contributed by atoms with van der Waals surface area (Å²) in [6.07, 6.45) is 0. The molecule has 2 aromatic carbocycles. The van der Waals surface area contributed by atoms with E-state index in [0.717, 1.165) is 11.3 Å². The molecule has 3 aliphatic rings. The van der Waals surface area contributed by atoms with Crippen molar-refractivity contribution in [2.75, 3.05) is 23.6 Å². The standard InChI is InChI=1S/C20H19N3O5S2/c24-19(21-8-12-4-5-16-17(6-12)28-11-27-16)13-2-1-3-14(7-13)22-20-23-15-9-30(25,26)10-18(15)29-20/h1-7,15,18H,8-11H2,(H,21,24)(H,22,23). The molecular formula is C20H19N3O5S2. The maximum atomic E-state index is 12.6. The fraction of sp³-hybridized carbons (Fsp3) is 0.300. The molecule has 0 bridgehead atoms. The Morgan fingerprint density at radius 1 is 1.13 bits per heavy atom. The first-order valence-electron chi connectivity index (χ1n) is 9.44. The molecule has 0 radical (unpaired) electrons. The summed E-state index contributed by atoms with van der Waals surface area (Å²) < 4.78 is 34.0. The molecule has 1 fully saturated rings. The first-order valence-corrected chi connectivity index (χ1v) is 12.1. The zero-order valence-corrected chi connectivity index (χ0v) is 17.5. The van der Waals surface area contributed by atoms with Gasteiger partial charge in [0.1, 0.15) is 0 Å². The summed E-state index contributed by atoms with van der Waals surface area (Å²) in [5.41, 5.74) is 2.17. The quantitative estimate of drug-likeness (QED) is 0.742. The molecule has 1 saturated heterocycles. The van der Waals surface area contributed by atoms with Crippen LogP contribution in [0.15, 0.2) is 47.5 Å². The lowest BCUT2D eigenvalue weighted by molar-refractivity contribution is 0.0951. The number of sulfone groups is 1. The van der Waals surface area contributed by atoms with Gasteiger partial charge in [0.25, 0.3) is 5.91 Å². The van der Waals surface area contributed by atoms with Crippen molar-refractivity contribution in [2.24, 2.45) is 4.99 Å². The van der Waals surface area contributed by atoms with E-state index in [2.05, 4.69) is 15.6 Å². The van der Waals surface area contributed by atoms with E-state index >= 15 is 0 Å². The fourth-order valence-electron chi connectivity index (χ4n) is 3.61. The number of hydrogen-bond acceptors (Lipinski definition) is 8. The lowest BCUT2D eigenvalue weighted by Crippen LogP contribution is -2.23. The lowest BCUT2D eigenvalue weighted by Gasteiger charge is -2.10. The van der Waals surface area contributed by atoms with E-state index in [0.29, 0.717) is 28.8 Å². The highest BCUT2D eigenvalue weighted by Crippen LogP contribution is 2.35. The molecule has 2 atom stereocenters. The van der Waals surface area contributed by atoms with Gasteiger partial charge in [-0.3, -0.25) is 9.79 Å². The lowest BCUT2D eigenvalue weighted by atomic mass is 10.1. The molecular weight excluding hydrogens is 426 g/mol. The summed E-state index contributed by atoms with van der Waals surface area (Å²) in [6.45, 7) is 0.583. The Labute approximate surface area is 178 Å². The highest BCUT2D eigenvalue weighted by molar-refractivity contribution is 8.15. The Morgan fingerprint density at radius 2 is 2.00 bits per heavy atom. The SMILES string of the molecule is O=C(NCc1ccc2c(c1)OCO2)c1cccc(NC2=NC3CS(=O)(=O)CC3S2)c1. The number of nitrogens with one attached hydrogen (secondary N) is 2. The molecule has 30 heavy (non-hydrogen) atoms. The number of amides is 1. The topological polar surface area (TPSA) is 106 Å².